The summed E-state index contributed by atoms with van der Waals surface area (Å²) in [5.74, 6) is 0. The van der Waals surface area contributed by atoms with Crippen LogP contribution in [0.3, 0.4) is 0 Å². The minimum absolute atomic E-state index is 0.345. The van der Waals surface area contributed by atoms with E-state index in [2.05, 4.69) is 0 Å². The number of nitrogens with zero attached hydrogens (tertiary/aromatic N) is 1. The summed E-state index contributed by atoms with van der Waals surface area (Å²) in [6.45, 7) is 0.374. The number of rotatable bonds is 3. The molecule has 6 heteroatoms. The predicted octanol–water partition coefficient (Wildman–Crippen LogP) is 0.457. The van der Waals surface area contributed by atoms with Crippen molar-refractivity contribution in [1.82, 2.24) is 4.31 Å². The first-order valence-corrected chi connectivity index (χ1v) is 6.00. The molecule has 0 radical (unpaired) electrons. The zero-order valence-electron chi connectivity index (χ0n) is 7.52. The van der Waals surface area contributed by atoms with Gasteiger partial charge in [-0.1, -0.05) is 0 Å². The fourth-order valence-corrected chi connectivity index (χ4v) is 3.16. The van der Waals surface area contributed by atoms with Crippen LogP contribution < -0.4 is 5.73 Å². The molecule has 0 atom stereocenters. The van der Waals surface area contributed by atoms with Crippen LogP contribution >= 0.6 is 11.3 Å². The Morgan fingerprint density at radius 2 is 2.15 bits per heavy atom. The second kappa shape index (κ2) is 3.75. The molecule has 1 aromatic heterocycles. The molecule has 1 heterocycles. The van der Waals surface area contributed by atoms with Crippen molar-refractivity contribution >= 4 is 21.4 Å². The van der Waals surface area contributed by atoms with Gasteiger partial charge in [0.25, 0.3) is 10.0 Å². The van der Waals surface area contributed by atoms with Crippen LogP contribution in [0.15, 0.2) is 15.7 Å². The number of nitrogens with two attached hydrogens (primary N) is 1. The van der Waals surface area contributed by atoms with Gasteiger partial charge in [-0.3, -0.25) is 0 Å². The van der Waals surface area contributed by atoms with Crippen molar-refractivity contribution in [2.45, 2.75) is 10.8 Å². The Morgan fingerprint density at radius 3 is 2.54 bits per heavy atom. The summed E-state index contributed by atoms with van der Waals surface area (Å²) in [6.07, 6.45) is 0. The molecule has 0 saturated carbocycles. The molecule has 2 N–H and O–H groups in total. The van der Waals surface area contributed by atoms with E-state index in [0.29, 0.717) is 10.8 Å². The second-order valence-corrected chi connectivity index (χ2v) is 6.06. The van der Waals surface area contributed by atoms with Crippen LogP contribution in [0, 0.1) is 0 Å². The maximum absolute atomic E-state index is 11.6. The third-order valence-corrected chi connectivity index (χ3v) is 4.88. The summed E-state index contributed by atoms with van der Waals surface area (Å²) in [7, 11) is -0.248. The van der Waals surface area contributed by atoms with E-state index in [9.17, 15) is 8.42 Å². The smallest absolute Gasteiger partial charge is 0.252 e. The Labute approximate surface area is 82.0 Å². The highest BCUT2D eigenvalue weighted by atomic mass is 32.2. The van der Waals surface area contributed by atoms with Gasteiger partial charge in [0.05, 0.1) is 0 Å². The molecule has 0 amide bonds. The zero-order valence-corrected chi connectivity index (χ0v) is 9.15. The van der Waals surface area contributed by atoms with Crippen LogP contribution in [0.25, 0.3) is 0 Å². The molecule has 0 aliphatic heterocycles. The largest absolute Gasteiger partial charge is 0.326 e. The van der Waals surface area contributed by atoms with Crippen LogP contribution in [-0.4, -0.2) is 26.8 Å². The Bertz CT molecular complexity index is 381. The fourth-order valence-electron chi connectivity index (χ4n) is 0.775. The van der Waals surface area contributed by atoms with E-state index in [1.54, 1.807) is 11.4 Å². The summed E-state index contributed by atoms with van der Waals surface area (Å²) in [5.41, 5.74) is 6.23. The highest BCUT2D eigenvalue weighted by molar-refractivity contribution is 7.91. The molecule has 0 fully saturated rings. The van der Waals surface area contributed by atoms with E-state index >= 15 is 0 Å². The summed E-state index contributed by atoms with van der Waals surface area (Å²) >= 11 is 1.20. The SMILES string of the molecule is CN(C)S(=O)(=O)c1cc(CN)cs1. The molecule has 1 aromatic rings. The lowest BCUT2D eigenvalue weighted by atomic mass is 10.4. The van der Waals surface area contributed by atoms with Gasteiger partial charge in [-0.15, -0.1) is 11.3 Å². The van der Waals surface area contributed by atoms with Gasteiger partial charge < -0.3 is 5.73 Å². The van der Waals surface area contributed by atoms with Crippen LogP contribution in [0.1, 0.15) is 5.56 Å². The fraction of sp³-hybridized carbons (Fsp3) is 0.429. The first-order chi connectivity index (χ1) is 5.98. The van der Waals surface area contributed by atoms with Crippen molar-refractivity contribution < 1.29 is 8.42 Å². The second-order valence-electron chi connectivity index (χ2n) is 2.77. The van der Waals surface area contributed by atoms with E-state index in [-0.39, 0.29) is 0 Å². The van der Waals surface area contributed by atoms with Gasteiger partial charge in [0.15, 0.2) is 0 Å². The monoisotopic (exact) mass is 220 g/mol. The minimum atomic E-state index is -3.27. The van der Waals surface area contributed by atoms with Gasteiger partial charge in [-0.25, -0.2) is 12.7 Å². The van der Waals surface area contributed by atoms with Gasteiger partial charge in [0.1, 0.15) is 4.21 Å². The minimum Gasteiger partial charge on any atom is -0.326 e. The van der Waals surface area contributed by atoms with E-state index in [4.69, 9.17) is 5.73 Å². The van der Waals surface area contributed by atoms with Crippen LogP contribution in [0.5, 0.6) is 0 Å². The Morgan fingerprint density at radius 1 is 1.54 bits per heavy atom. The lowest BCUT2D eigenvalue weighted by molar-refractivity contribution is 0.523. The number of hydrogen-bond acceptors (Lipinski definition) is 4. The van der Waals surface area contributed by atoms with Crippen molar-refractivity contribution in [3.63, 3.8) is 0 Å². The first kappa shape index (κ1) is 10.6. The molecule has 0 aliphatic carbocycles. The zero-order chi connectivity index (χ0) is 10.1. The maximum Gasteiger partial charge on any atom is 0.252 e. The third-order valence-electron chi connectivity index (χ3n) is 1.60. The van der Waals surface area contributed by atoms with Crippen molar-refractivity contribution in [1.29, 1.82) is 0 Å². The van der Waals surface area contributed by atoms with Gasteiger partial charge in [0.2, 0.25) is 0 Å². The number of sulfonamides is 1. The summed E-state index contributed by atoms with van der Waals surface area (Å²) in [5, 5.41) is 1.76. The van der Waals surface area contributed by atoms with E-state index < -0.39 is 10.0 Å². The van der Waals surface area contributed by atoms with Crippen molar-refractivity contribution in [2.24, 2.45) is 5.73 Å². The highest BCUT2D eigenvalue weighted by Crippen LogP contribution is 2.21. The molecule has 74 valence electrons. The maximum atomic E-state index is 11.6. The topological polar surface area (TPSA) is 63.4 Å². The molecule has 13 heavy (non-hydrogen) atoms. The van der Waals surface area contributed by atoms with Crippen molar-refractivity contribution in [3.8, 4) is 0 Å². The molecular weight excluding hydrogens is 208 g/mol. The van der Waals surface area contributed by atoms with Gasteiger partial charge in [-0.2, -0.15) is 0 Å². The Balaban J connectivity index is 3.09. The molecule has 0 spiro atoms. The molecule has 0 aromatic carbocycles. The van der Waals surface area contributed by atoms with Gasteiger partial charge >= 0.3 is 0 Å². The molecule has 0 bridgehead atoms. The first-order valence-electron chi connectivity index (χ1n) is 3.68. The van der Waals surface area contributed by atoms with Crippen molar-refractivity contribution in [3.05, 3.63) is 17.0 Å². The van der Waals surface area contributed by atoms with E-state index in [0.717, 1.165) is 5.56 Å². The lowest BCUT2D eigenvalue weighted by Crippen LogP contribution is -2.21. The van der Waals surface area contributed by atoms with Crippen LogP contribution in [0.4, 0.5) is 0 Å². The molecule has 0 aliphatic rings. The average molecular weight is 220 g/mol. The summed E-state index contributed by atoms with van der Waals surface area (Å²) in [6, 6.07) is 1.61. The Kier molecular flexibility index (Phi) is 3.07. The van der Waals surface area contributed by atoms with Gasteiger partial charge in [-0.05, 0) is 17.0 Å². The van der Waals surface area contributed by atoms with Gasteiger partial charge in [0, 0.05) is 20.6 Å². The van der Waals surface area contributed by atoms with Crippen LogP contribution in [-0.2, 0) is 16.6 Å². The molecular formula is C7H12N2O2S2. The normalized spacial score (nSPS) is 12.3. The lowest BCUT2D eigenvalue weighted by Gasteiger charge is -2.08. The highest BCUT2D eigenvalue weighted by Gasteiger charge is 2.18. The number of thiophene rings is 1. The molecule has 4 nitrogen and oxygen atoms in total. The van der Waals surface area contributed by atoms with Crippen molar-refractivity contribution in [2.75, 3.05) is 14.1 Å². The van der Waals surface area contributed by atoms with E-state index in [1.807, 2.05) is 0 Å². The number of hydrogen-bond donors (Lipinski definition) is 1. The molecule has 0 unspecified atom stereocenters. The molecule has 1 rings (SSSR count). The standard InChI is InChI=1S/C7H12N2O2S2/c1-9(2)13(10,11)7-3-6(4-8)5-12-7/h3,5H,4,8H2,1-2H3. The Hall–Kier alpha value is -0.430. The quantitative estimate of drug-likeness (QED) is 0.804. The predicted molar refractivity (Wildman–Crippen MR) is 53.1 cm³/mol. The third kappa shape index (κ3) is 2.08. The van der Waals surface area contributed by atoms with E-state index in [1.165, 1.54) is 29.7 Å². The molecule has 0 saturated heterocycles. The van der Waals surface area contributed by atoms with Crippen LogP contribution in [0.2, 0.25) is 0 Å². The average Bonchev–Trinajstić information content (AvgIpc) is 2.51. The summed E-state index contributed by atoms with van der Waals surface area (Å²) in [4.78, 5) is 0. The summed E-state index contributed by atoms with van der Waals surface area (Å²) < 4.78 is 24.7.